The fourth-order valence-corrected chi connectivity index (χ4v) is 2.89. The minimum Gasteiger partial charge on any atom is -0.491 e. The Balaban J connectivity index is 1.96. The number of benzene rings is 2. The second kappa shape index (κ2) is 9.59. The number of aliphatic hydroxyl groups excluding tert-OH is 1. The van der Waals surface area contributed by atoms with Gasteiger partial charge in [-0.1, -0.05) is 49.4 Å². The number of aryl methyl sites for hydroxylation is 2. The van der Waals surface area contributed by atoms with E-state index in [9.17, 15) is 5.11 Å². The molecule has 0 spiro atoms. The lowest BCUT2D eigenvalue weighted by molar-refractivity contribution is 0.0503. The molecule has 3 nitrogen and oxygen atoms in total. The third kappa shape index (κ3) is 5.87. The van der Waals surface area contributed by atoms with Gasteiger partial charge in [-0.3, -0.25) is 4.90 Å². The van der Waals surface area contributed by atoms with E-state index in [1.54, 1.807) is 0 Å². The van der Waals surface area contributed by atoms with Gasteiger partial charge < -0.3 is 9.84 Å². The summed E-state index contributed by atoms with van der Waals surface area (Å²) in [6, 6.07) is 16.8. The predicted molar refractivity (Wildman–Crippen MR) is 104 cm³/mol. The highest BCUT2D eigenvalue weighted by Crippen LogP contribution is 2.18. The largest absolute Gasteiger partial charge is 0.491 e. The first-order chi connectivity index (χ1) is 12.0. The summed E-state index contributed by atoms with van der Waals surface area (Å²) in [6.07, 6.45) is 0.537. The van der Waals surface area contributed by atoms with Crippen molar-refractivity contribution in [2.45, 2.75) is 52.8 Å². The Morgan fingerprint density at radius 1 is 1.00 bits per heavy atom. The van der Waals surface area contributed by atoms with Crippen molar-refractivity contribution in [3.63, 3.8) is 0 Å². The van der Waals surface area contributed by atoms with E-state index in [4.69, 9.17) is 4.74 Å². The molecule has 1 N–H and O–H groups in total. The summed E-state index contributed by atoms with van der Waals surface area (Å²) in [5.41, 5.74) is 3.70. The summed E-state index contributed by atoms with van der Waals surface area (Å²) < 4.78 is 5.81. The summed E-state index contributed by atoms with van der Waals surface area (Å²) in [5, 5.41) is 10.5. The Kier molecular flexibility index (Phi) is 7.48. The van der Waals surface area contributed by atoms with Crippen LogP contribution in [0.15, 0.2) is 48.5 Å². The number of hydrogen-bond acceptors (Lipinski definition) is 3. The van der Waals surface area contributed by atoms with Crippen LogP contribution in [0.5, 0.6) is 5.75 Å². The molecule has 0 aliphatic carbocycles. The lowest BCUT2D eigenvalue weighted by Crippen LogP contribution is -2.40. The first-order valence-corrected chi connectivity index (χ1v) is 9.16. The van der Waals surface area contributed by atoms with Crippen molar-refractivity contribution in [2.75, 3.05) is 13.2 Å². The highest BCUT2D eigenvalue weighted by atomic mass is 16.5. The van der Waals surface area contributed by atoms with Crippen LogP contribution >= 0.6 is 0 Å². The van der Waals surface area contributed by atoms with Crippen molar-refractivity contribution in [1.29, 1.82) is 0 Å². The third-order valence-corrected chi connectivity index (χ3v) is 4.82. The third-order valence-electron chi connectivity index (χ3n) is 4.82. The highest BCUT2D eigenvalue weighted by molar-refractivity contribution is 5.31. The van der Waals surface area contributed by atoms with Crippen LogP contribution in [-0.2, 0) is 6.54 Å². The summed E-state index contributed by atoms with van der Waals surface area (Å²) in [5.74, 6) is 0.843. The van der Waals surface area contributed by atoms with Gasteiger partial charge in [0.2, 0.25) is 0 Å². The molecule has 0 aliphatic heterocycles. The van der Waals surface area contributed by atoms with E-state index in [2.05, 4.69) is 49.9 Å². The summed E-state index contributed by atoms with van der Waals surface area (Å²) in [7, 11) is 0. The summed E-state index contributed by atoms with van der Waals surface area (Å²) in [6.45, 7) is 10.3. The van der Waals surface area contributed by atoms with Crippen LogP contribution in [0, 0.1) is 13.8 Å². The number of nitrogens with zero attached hydrogens (tertiary/aromatic N) is 1. The van der Waals surface area contributed by atoms with Gasteiger partial charge in [0.25, 0.3) is 0 Å². The van der Waals surface area contributed by atoms with Crippen molar-refractivity contribution < 1.29 is 9.84 Å². The Hall–Kier alpha value is -1.84. The molecule has 2 unspecified atom stereocenters. The fourth-order valence-electron chi connectivity index (χ4n) is 2.89. The van der Waals surface area contributed by atoms with Gasteiger partial charge in [-0.15, -0.1) is 0 Å². The van der Waals surface area contributed by atoms with Gasteiger partial charge in [0, 0.05) is 19.1 Å². The topological polar surface area (TPSA) is 32.7 Å². The lowest BCUT2D eigenvalue weighted by atomic mass is 10.1. The van der Waals surface area contributed by atoms with Crippen molar-refractivity contribution in [3.05, 3.63) is 65.2 Å². The fraction of sp³-hybridized carbons (Fsp3) is 0.455. The van der Waals surface area contributed by atoms with Crippen LogP contribution in [0.4, 0.5) is 0 Å². The van der Waals surface area contributed by atoms with E-state index in [0.29, 0.717) is 19.2 Å². The van der Waals surface area contributed by atoms with Gasteiger partial charge in [0.15, 0.2) is 0 Å². The van der Waals surface area contributed by atoms with E-state index in [0.717, 1.165) is 24.3 Å². The van der Waals surface area contributed by atoms with Gasteiger partial charge in [0.1, 0.15) is 18.5 Å². The first kappa shape index (κ1) is 19.5. The van der Waals surface area contributed by atoms with E-state index >= 15 is 0 Å². The standard InChI is InChI=1S/C22H31NO2/c1-5-19(4)23(14-20-12-8-6-10-17(20)2)15-21(24)16-25-22-13-9-7-11-18(22)3/h6-13,19,21,24H,5,14-16H2,1-4H3. The van der Waals surface area contributed by atoms with Gasteiger partial charge >= 0.3 is 0 Å². The van der Waals surface area contributed by atoms with E-state index in [1.807, 2.05) is 31.2 Å². The second-order valence-corrected chi connectivity index (χ2v) is 6.84. The Morgan fingerprint density at radius 3 is 2.28 bits per heavy atom. The normalized spacial score (nSPS) is 13.7. The highest BCUT2D eigenvalue weighted by Gasteiger charge is 2.18. The SMILES string of the molecule is CCC(C)N(Cc1ccccc1C)CC(O)COc1ccccc1C. The van der Waals surface area contributed by atoms with Crippen molar-refractivity contribution in [3.8, 4) is 5.75 Å². The molecular weight excluding hydrogens is 310 g/mol. The molecule has 0 saturated heterocycles. The van der Waals surface area contributed by atoms with Gasteiger partial charge in [-0.25, -0.2) is 0 Å². The minimum absolute atomic E-state index is 0.311. The predicted octanol–water partition coefficient (Wildman–Crippen LogP) is 4.34. The number of hydrogen-bond donors (Lipinski definition) is 1. The van der Waals surface area contributed by atoms with Crippen LogP contribution in [0.2, 0.25) is 0 Å². The van der Waals surface area contributed by atoms with Gasteiger partial charge in [0.05, 0.1) is 0 Å². The number of aliphatic hydroxyl groups is 1. The molecule has 0 aliphatic rings. The van der Waals surface area contributed by atoms with Crippen LogP contribution in [-0.4, -0.2) is 35.3 Å². The smallest absolute Gasteiger partial charge is 0.122 e. The van der Waals surface area contributed by atoms with Crippen LogP contribution in [0.25, 0.3) is 0 Å². The Bertz CT molecular complexity index is 656. The Labute approximate surface area is 152 Å². The van der Waals surface area contributed by atoms with Crippen LogP contribution < -0.4 is 4.74 Å². The van der Waals surface area contributed by atoms with Crippen LogP contribution in [0.1, 0.15) is 37.0 Å². The molecule has 0 aromatic heterocycles. The molecule has 2 rings (SSSR count). The van der Waals surface area contributed by atoms with E-state index in [-0.39, 0.29) is 0 Å². The van der Waals surface area contributed by atoms with Crippen molar-refractivity contribution in [1.82, 2.24) is 4.90 Å². The van der Waals surface area contributed by atoms with Crippen molar-refractivity contribution in [2.24, 2.45) is 0 Å². The minimum atomic E-state index is -0.516. The lowest BCUT2D eigenvalue weighted by Gasteiger charge is -2.31. The quantitative estimate of drug-likeness (QED) is 0.736. The van der Waals surface area contributed by atoms with E-state index in [1.165, 1.54) is 11.1 Å². The summed E-state index contributed by atoms with van der Waals surface area (Å²) >= 11 is 0. The van der Waals surface area contributed by atoms with E-state index < -0.39 is 6.10 Å². The molecule has 0 radical (unpaired) electrons. The maximum absolute atomic E-state index is 10.5. The molecule has 3 heteroatoms. The van der Waals surface area contributed by atoms with Crippen molar-refractivity contribution >= 4 is 0 Å². The molecule has 0 amide bonds. The maximum Gasteiger partial charge on any atom is 0.122 e. The van der Waals surface area contributed by atoms with Gasteiger partial charge in [-0.2, -0.15) is 0 Å². The molecule has 25 heavy (non-hydrogen) atoms. The molecular formula is C22H31NO2. The second-order valence-electron chi connectivity index (χ2n) is 6.84. The zero-order chi connectivity index (χ0) is 18.2. The number of ether oxygens (including phenoxy) is 1. The maximum atomic E-state index is 10.5. The number of rotatable bonds is 9. The Morgan fingerprint density at radius 2 is 1.64 bits per heavy atom. The molecule has 0 saturated carbocycles. The van der Waals surface area contributed by atoms with Crippen LogP contribution in [0.3, 0.4) is 0 Å². The average molecular weight is 341 g/mol. The number of para-hydroxylation sites is 1. The monoisotopic (exact) mass is 341 g/mol. The molecule has 2 atom stereocenters. The molecule has 136 valence electrons. The zero-order valence-electron chi connectivity index (χ0n) is 15.9. The van der Waals surface area contributed by atoms with Gasteiger partial charge in [-0.05, 0) is 49.9 Å². The summed E-state index contributed by atoms with van der Waals surface area (Å²) in [4.78, 5) is 2.34. The molecule has 2 aromatic rings. The molecule has 0 heterocycles. The molecule has 0 fully saturated rings. The average Bonchev–Trinajstić information content (AvgIpc) is 2.61. The molecule has 0 bridgehead atoms. The first-order valence-electron chi connectivity index (χ1n) is 9.16. The zero-order valence-corrected chi connectivity index (χ0v) is 15.9. The molecule has 2 aromatic carbocycles.